The first-order valence-electron chi connectivity index (χ1n) is 6.58. The Morgan fingerprint density at radius 1 is 1.23 bits per heavy atom. The molecule has 0 aliphatic heterocycles. The zero-order valence-electron chi connectivity index (χ0n) is 11.7. The van der Waals surface area contributed by atoms with Crippen molar-refractivity contribution in [2.45, 2.75) is 6.92 Å². The Balaban J connectivity index is 2.34. The van der Waals surface area contributed by atoms with Gasteiger partial charge in [0.1, 0.15) is 11.2 Å². The number of carboxylic acids is 1. The first kappa shape index (κ1) is 13.8. The van der Waals surface area contributed by atoms with Gasteiger partial charge in [-0.1, -0.05) is 29.8 Å². The molecule has 0 aliphatic rings. The van der Waals surface area contributed by atoms with Crippen molar-refractivity contribution in [2.75, 3.05) is 0 Å². The third-order valence-electron chi connectivity index (χ3n) is 3.53. The zero-order chi connectivity index (χ0) is 15.9. The number of hydrogen-bond acceptors (Lipinski definition) is 3. The molecular formula is C16H12N2O4. The second kappa shape index (κ2) is 5.00. The normalized spacial score (nSPS) is 10.8. The van der Waals surface area contributed by atoms with E-state index >= 15 is 0 Å². The smallest absolute Gasteiger partial charge is 0.352 e. The number of nitrogens with zero attached hydrogens (tertiary/aromatic N) is 1. The average Bonchev–Trinajstić information content (AvgIpc) is 2.91. The van der Waals surface area contributed by atoms with Crippen molar-refractivity contribution in [3.63, 3.8) is 0 Å². The van der Waals surface area contributed by atoms with Crippen molar-refractivity contribution < 1.29 is 14.8 Å². The van der Waals surface area contributed by atoms with E-state index in [0.717, 1.165) is 16.7 Å². The molecule has 110 valence electrons. The van der Waals surface area contributed by atoms with Crippen LogP contribution in [0.5, 0.6) is 0 Å². The highest BCUT2D eigenvalue weighted by Crippen LogP contribution is 2.35. The van der Waals surface area contributed by atoms with E-state index in [2.05, 4.69) is 4.98 Å². The van der Waals surface area contributed by atoms with Gasteiger partial charge in [-0.3, -0.25) is 10.1 Å². The number of aromatic nitrogens is 1. The van der Waals surface area contributed by atoms with E-state index in [0.29, 0.717) is 5.39 Å². The Morgan fingerprint density at radius 2 is 2.00 bits per heavy atom. The summed E-state index contributed by atoms with van der Waals surface area (Å²) < 4.78 is 0. The van der Waals surface area contributed by atoms with Gasteiger partial charge in [0, 0.05) is 11.5 Å². The first-order valence-corrected chi connectivity index (χ1v) is 6.58. The largest absolute Gasteiger partial charge is 0.477 e. The molecule has 3 aromatic rings. The number of nitro groups is 1. The molecule has 0 spiro atoms. The van der Waals surface area contributed by atoms with Crippen LogP contribution in [0.4, 0.5) is 5.69 Å². The fraction of sp³-hybridized carbons (Fsp3) is 0.0625. The minimum Gasteiger partial charge on any atom is -0.477 e. The number of aromatic amines is 1. The van der Waals surface area contributed by atoms with E-state index in [9.17, 15) is 14.9 Å². The summed E-state index contributed by atoms with van der Waals surface area (Å²) >= 11 is 0. The number of aryl methyl sites for hydroxylation is 1. The summed E-state index contributed by atoms with van der Waals surface area (Å²) in [5, 5.41) is 20.8. The number of carboxylic acid groups (broad SMARTS) is 1. The van der Waals surface area contributed by atoms with Gasteiger partial charge < -0.3 is 10.1 Å². The molecule has 2 N–H and O–H groups in total. The number of aromatic carboxylic acids is 1. The predicted octanol–water partition coefficient (Wildman–Crippen LogP) is 3.75. The van der Waals surface area contributed by atoms with Crippen LogP contribution in [0.2, 0.25) is 0 Å². The van der Waals surface area contributed by atoms with Gasteiger partial charge >= 0.3 is 5.97 Å². The number of benzene rings is 2. The molecule has 0 radical (unpaired) electrons. The molecule has 0 aliphatic carbocycles. The Labute approximate surface area is 125 Å². The molecule has 2 aromatic carbocycles. The van der Waals surface area contributed by atoms with Gasteiger partial charge in [0.15, 0.2) is 0 Å². The number of fused-ring (bicyclic) bond motifs is 1. The fourth-order valence-electron chi connectivity index (χ4n) is 2.54. The van der Waals surface area contributed by atoms with E-state index in [1.165, 1.54) is 12.1 Å². The van der Waals surface area contributed by atoms with E-state index in [1.807, 2.05) is 31.2 Å². The van der Waals surface area contributed by atoms with E-state index in [1.54, 1.807) is 6.07 Å². The van der Waals surface area contributed by atoms with Crippen LogP contribution in [-0.4, -0.2) is 21.0 Å². The molecule has 0 bridgehead atoms. The molecule has 0 saturated heterocycles. The molecule has 3 rings (SSSR count). The summed E-state index contributed by atoms with van der Waals surface area (Å²) in [4.78, 5) is 24.4. The third-order valence-corrected chi connectivity index (χ3v) is 3.53. The molecule has 1 heterocycles. The van der Waals surface area contributed by atoms with Crippen molar-refractivity contribution in [3.05, 3.63) is 63.8 Å². The lowest BCUT2D eigenvalue weighted by molar-refractivity contribution is -0.383. The second-order valence-electron chi connectivity index (χ2n) is 5.04. The van der Waals surface area contributed by atoms with Crippen LogP contribution in [0.25, 0.3) is 22.0 Å². The summed E-state index contributed by atoms with van der Waals surface area (Å²) in [6.07, 6.45) is 0. The van der Waals surface area contributed by atoms with E-state index in [-0.39, 0.29) is 16.9 Å². The van der Waals surface area contributed by atoms with Crippen LogP contribution in [0.3, 0.4) is 0 Å². The standard InChI is InChI=1S/C16H12N2O4/c1-9-3-2-4-10(7-9)11-5-6-14(18(21)22)15-12(11)8-13(17-15)16(19)20/h2-8,17H,1H3,(H,19,20). The first-order chi connectivity index (χ1) is 10.5. The minimum absolute atomic E-state index is 0.0711. The van der Waals surface area contributed by atoms with Crippen LogP contribution in [0.15, 0.2) is 42.5 Å². The molecule has 6 nitrogen and oxygen atoms in total. The van der Waals surface area contributed by atoms with Crippen LogP contribution in [0.1, 0.15) is 16.1 Å². The Kier molecular flexibility index (Phi) is 3.14. The Hall–Kier alpha value is -3.15. The number of carbonyl (C=O) groups is 1. The van der Waals surface area contributed by atoms with Gasteiger partial charge in [0.2, 0.25) is 0 Å². The van der Waals surface area contributed by atoms with Crippen LogP contribution < -0.4 is 0 Å². The van der Waals surface area contributed by atoms with Gasteiger partial charge in [-0.15, -0.1) is 0 Å². The number of rotatable bonds is 3. The fourth-order valence-corrected chi connectivity index (χ4v) is 2.54. The molecular weight excluding hydrogens is 284 g/mol. The molecule has 0 saturated carbocycles. The highest BCUT2D eigenvalue weighted by atomic mass is 16.6. The van der Waals surface area contributed by atoms with Gasteiger partial charge in [0.25, 0.3) is 5.69 Å². The molecule has 0 fully saturated rings. The van der Waals surface area contributed by atoms with Crippen molar-refractivity contribution in [1.82, 2.24) is 4.98 Å². The number of nitro benzene ring substituents is 1. The van der Waals surface area contributed by atoms with E-state index in [4.69, 9.17) is 5.11 Å². The van der Waals surface area contributed by atoms with Gasteiger partial charge in [-0.2, -0.15) is 0 Å². The number of hydrogen-bond donors (Lipinski definition) is 2. The molecule has 1 aromatic heterocycles. The number of H-pyrrole nitrogens is 1. The average molecular weight is 296 g/mol. The highest BCUT2D eigenvalue weighted by molar-refractivity contribution is 6.04. The molecule has 0 atom stereocenters. The third kappa shape index (κ3) is 2.20. The summed E-state index contributed by atoms with van der Waals surface area (Å²) in [6.45, 7) is 1.95. The monoisotopic (exact) mass is 296 g/mol. The Morgan fingerprint density at radius 3 is 2.64 bits per heavy atom. The molecule has 22 heavy (non-hydrogen) atoms. The second-order valence-corrected chi connectivity index (χ2v) is 5.04. The minimum atomic E-state index is -1.15. The Bertz CT molecular complexity index is 912. The van der Waals surface area contributed by atoms with Crippen LogP contribution >= 0.6 is 0 Å². The topological polar surface area (TPSA) is 96.2 Å². The zero-order valence-corrected chi connectivity index (χ0v) is 11.7. The summed E-state index contributed by atoms with van der Waals surface area (Å²) in [7, 11) is 0. The van der Waals surface area contributed by atoms with Crippen molar-refractivity contribution in [1.29, 1.82) is 0 Å². The number of non-ortho nitro benzene ring substituents is 1. The van der Waals surface area contributed by atoms with Gasteiger partial charge in [-0.05, 0) is 30.2 Å². The maximum absolute atomic E-state index is 11.2. The van der Waals surface area contributed by atoms with E-state index < -0.39 is 10.9 Å². The maximum atomic E-state index is 11.2. The lowest BCUT2D eigenvalue weighted by Gasteiger charge is -2.05. The van der Waals surface area contributed by atoms with Crippen LogP contribution in [-0.2, 0) is 0 Å². The summed E-state index contributed by atoms with van der Waals surface area (Å²) in [5.41, 5.74) is 2.71. The SMILES string of the molecule is Cc1cccc(-c2ccc([N+](=O)[O-])c3[nH]c(C(=O)O)cc23)c1. The molecule has 6 heteroatoms. The lowest BCUT2D eigenvalue weighted by Crippen LogP contribution is -1.95. The quantitative estimate of drug-likeness (QED) is 0.568. The highest BCUT2D eigenvalue weighted by Gasteiger charge is 2.20. The van der Waals surface area contributed by atoms with Crippen molar-refractivity contribution in [2.24, 2.45) is 0 Å². The van der Waals surface area contributed by atoms with Crippen LogP contribution in [0, 0.1) is 17.0 Å². The predicted molar refractivity (Wildman–Crippen MR) is 82.1 cm³/mol. The van der Waals surface area contributed by atoms with Crippen molar-refractivity contribution >= 4 is 22.6 Å². The van der Waals surface area contributed by atoms with Gasteiger partial charge in [0.05, 0.1) is 4.92 Å². The molecule has 0 unspecified atom stereocenters. The summed E-state index contributed by atoms with van der Waals surface area (Å²) in [6, 6.07) is 12.2. The lowest BCUT2D eigenvalue weighted by atomic mass is 9.99. The maximum Gasteiger partial charge on any atom is 0.352 e. The van der Waals surface area contributed by atoms with Crippen molar-refractivity contribution in [3.8, 4) is 11.1 Å². The molecule has 0 amide bonds. The van der Waals surface area contributed by atoms with Gasteiger partial charge in [-0.25, -0.2) is 4.79 Å². The number of nitrogens with one attached hydrogen (secondary N) is 1. The summed E-state index contributed by atoms with van der Waals surface area (Å²) in [5.74, 6) is -1.15.